The molecule has 0 aliphatic carbocycles. The molecule has 6 rings (SSSR count). The fourth-order valence-electron chi connectivity index (χ4n) is 9.25. The molecule has 0 unspecified atom stereocenters. The highest BCUT2D eigenvalue weighted by molar-refractivity contribution is 6.15. The third kappa shape index (κ3) is 4.22. The fraction of sp³-hybridized carbons (Fsp3) is 0.375. The molecule has 0 amide bonds. The smallest absolute Gasteiger partial charge is 0.0411 e. The maximum absolute atomic E-state index is 4.02. The van der Waals surface area contributed by atoms with E-state index in [4.69, 9.17) is 0 Å². The van der Waals surface area contributed by atoms with Crippen molar-refractivity contribution in [2.75, 3.05) is 0 Å². The first-order chi connectivity index (χ1) is 22.4. The van der Waals surface area contributed by atoms with Crippen LogP contribution in [0.1, 0.15) is 111 Å². The van der Waals surface area contributed by atoms with Gasteiger partial charge in [-0.05, 0) is 246 Å². The summed E-state index contributed by atoms with van der Waals surface area (Å²) in [5.74, 6) is 8.04. The molecule has 0 N–H and O–H groups in total. The number of rotatable bonds is 0. The first kappa shape index (κ1) is 33.8. The molecular weight excluding hydrogens is 577 g/mol. The minimum absolute atomic E-state index is 1.19. The Morgan fingerprint density at radius 1 is 0.167 bits per heavy atom. The van der Waals surface area contributed by atoms with Crippen LogP contribution in [0.15, 0.2) is 0 Å². The van der Waals surface area contributed by atoms with Gasteiger partial charge in [-0.1, -0.05) is 11.8 Å². The van der Waals surface area contributed by atoms with E-state index in [0.29, 0.717) is 0 Å². The number of fused-ring (bicyclic) bond motifs is 4. The second-order valence-corrected chi connectivity index (χ2v) is 15.2. The Labute approximate surface area is 290 Å². The van der Waals surface area contributed by atoms with Crippen LogP contribution in [0.4, 0.5) is 0 Å². The third-order valence-electron chi connectivity index (χ3n) is 13.6. The molecule has 6 aromatic carbocycles. The van der Waals surface area contributed by atoms with E-state index < -0.39 is 0 Å². The second-order valence-electron chi connectivity index (χ2n) is 15.2. The molecule has 246 valence electrons. The zero-order valence-corrected chi connectivity index (χ0v) is 33.0. The summed E-state index contributed by atoms with van der Waals surface area (Å²) in [5.41, 5.74) is 27.2. The average molecular weight is 631 g/mol. The Hall–Kier alpha value is -4.08. The van der Waals surface area contributed by atoms with E-state index in [1.54, 1.807) is 0 Å². The summed E-state index contributed by atoms with van der Waals surface area (Å²) in [6.07, 6.45) is 0. The summed E-state index contributed by atoms with van der Waals surface area (Å²) in [6, 6.07) is 0. The van der Waals surface area contributed by atoms with Crippen LogP contribution in [0, 0.1) is 136 Å². The van der Waals surface area contributed by atoms with Gasteiger partial charge in [0.2, 0.25) is 0 Å². The van der Waals surface area contributed by atoms with E-state index in [9.17, 15) is 0 Å². The molecule has 0 heterocycles. The van der Waals surface area contributed by atoms with Crippen LogP contribution in [0.2, 0.25) is 0 Å². The van der Waals surface area contributed by atoms with E-state index in [1.165, 1.54) is 154 Å². The number of hydrogen-bond acceptors (Lipinski definition) is 0. The van der Waals surface area contributed by atoms with Crippen LogP contribution >= 0.6 is 0 Å². The van der Waals surface area contributed by atoms with Crippen LogP contribution < -0.4 is 0 Å². The van der Waals surface area contributed by atoms with Gasteiger partial charge >= 0.3 is 0 Å². The average Bonchev–Trinajstić information content (AvgIpc) is 3.06. The molecule has 0 aromatic heterocycles. The van der Waals surface area contributed by atoms with Crippen LogP contribution in [0.25, 0.3) is 43.1 Å². The standard InChI is InChI=1S/C48H54/c1-21-25(5)33(13)45-39(46-34(14)26(6)22(2)30(10)42(46)37(17)41(45)29(21)9)19-20-40-47-35(15)27(7)23(3)31(11)43(47)38(18)44-32(12)24(4)28(8)36(16)48(40)44/h1-18H3. The Morgan fingerprint density at radius 2 is 0.312 bits per heavy atom. The molecule has 0 spiro atoms. The van der Waals surface area contributed by atoms with Crippen molar-refractivity contribution in [1.29, 1.82) is 0 Å². The van der Waals surface area contributed by atoms with Crippen molar-refractivity contribution in [3.63, 3.8) is 0 Å². The van der Waals surface area contributed by atoms with Crippen molar-refractivity contribution < 1.29 is 0 Å². The van der Waals surface area contributed by atoms with Gasteiger partial charge in [-0.2, -0.15) is 0 Å². The molecule has 0 radical (unpaired) electrons. The van der Waals surface area contributed by atoms with Gasteiger partial charge in [0.15, 0.2) is 0 Å². The van der Waals surface area contributed by atoms with Crippen molar-refractivity contribution in [3.05, 3.63) is 111 Å². The summed E-state index contributed by atoms with van der Waals surface area (Å²) < 4.78 is 0. The van der Waals surface area contributed by atoms with Crippen molar-refractivity contribution in [2.45, 2.75) is 125 Å². The van der Waals surface area contributed by atoms with E-state index in [1.807, 2.05) is 0 Å². The zero-order valence-electron chi connectivity index (χ0n) is 33.0. The van der Waals surface area contributed by atoms with E-state index >= 15 is 0 Å². The molecule has 0 fully saturated rings. The van der Waals surface area contributed by atoms with Gasteiger partial charge < -0.3 is 0 Å². The molecular formula is C48H54. The maximum atomic E-state index is 4.02. The monoisotopic (exact) mass is 630 g/mol. The zero-order chi connectivity index (χ0) is 35.6. The molecule has 0 bridgehead atoms. The molecule has 0 aliphatic heterocycles. The normalized spacial score (nSPS) is 11.8. The lowest BCUT2D eigenvalue weighted by Crippen LogP contribution is -2.04. The van der Waals surface area contributed by atoms with Gasteiger partial charge in [0, 0.05) is 32.7 Å². The lowest BCUT2D eigenvalue weighted by atomic mass is 9.79. The molecule has 0 saturated carbocycles. The summed E-state index contributed by atoms with van der Waals surface area (Å²) in [7, 11) is 0. The lowest BCUT2D eigenvalue weighted by Gasteiger charge is -2.24. The van der Waals surface area contributed by atoms with Crippen LogP contribution in [0.3, 0.4) is 0 Å². The van der Waals surface area contributed by atoms with Crippen molar-refractivity contribution >= 4 is 43.1 Å². The number of hydrogen-bond donors (Lipinski definition) is 0. The predicted octanol–water partition coefficient (Wildman–Crippen LogP) is 13.3. The summed E-state index contributed by atoms with van der Waals surface area (Å²) in [5, 5.41) is 10.9. The predicted molar refractivity (Wildman–Crippen MR) is 214 cm³/mol. The highest BCUT2D eigenvalue weighted by atomic mass is 14.3. The van der Waals surface area contributed by atoms with Crippen LogP contribution in [-0.2, 0) is 0 Å². The van der Waals surface area contributed by atoms with Crippen LogP contribution in [0.5, 0.6) is 0 Å². The summed E-state index contributed by atoms with van der Waals surface area (Å²) in [6.45, 7) is 41.6. The van der Waals surface area contributed by atoms with E-state index in [-0.39, 0.29) is 0 Å². The highest BCUT2D eigenvalue weighted by Gasteiger charge is 2.24. The fourth-order valence-corrected chi connectivity index (χ4v) is 9.25. The Bertz CT molecular complexity index is 2210. The molecule has 0 atom stereocenters. The summed E-state index contributed by atoms with van der Waals surface area (Å²) >= 11 is 0. The highest BCUT2D eigenvalue weighted by Crippen LogP contribution is 2.45. The van der Waals surface area contributed by atoms with E-state index in [0.717, 1.165) is 0 Å². The Balaban J connectivity index is 1.98. The number of benzene rings is 6. The second kappa shape index (κ2) is 11.2. The van der Waals surface area contributed by atoms with Gasteiger partial charge in [-0.15, -0.1) is 0 Å². The molecule has 0 heteroatoms. The van der Waals surface area contributed by atoms with Crippen LogP contribution in [-0.4, -0.2) is 0 Å². The minimum Gasteiger partial charge on any atom is -0.0603 e. The van der Waals surface area contributed by atoms with Crippen molar-refractivity contribution in [1.82, 2.24) is 0 Å². The lowest BCUT2D eigenvalue weighted by molar-refractivity contribution is 1.23. The first-order valence-corrected chi connectivity index (χ1v) is 17.8. The molecule has 0 saturated heterocycles. The van der Waals surface area contributed by atoms with E-state index in [2.05, 4.69) is 136 Å². The van der Waals surface area contributed by atoms with Gasteiger partial charge in [-0.3, -0.25) is 0 Å². The van der Waals surface area contributed by atoms with Gasteiger partial charge in [0.1, 0.15) is 0 Å². The van der Waals surface area contributed by atoms with Gasteiger partial charge in [0.05, 0.1) is 0 Å². The largest absolute Gasteiger partial charge is 0.0603 e. The van der Waals surface area contributed by atoms with Crippen molar-refractivity contribution in [3.8, 4) is 11.8 Å². The molecule has 6 aromatic rings. The van der Waals surface area contributed by atoms with Gasteiger partial charge in [-0.25, -0.2) is 0 Å². The first-order valence-electron chi connectivity index (χ1n) is 17.8. The van der Waals surface area contributed by atoms with Crippen molar-refractivity contribution in [2.24, 2.45) is 0 Å². The SMILES string of the molecule is Cc1c(C)c(C)c2c(C#Cc3c4c(C)c(C)c(C)c(C)c4c(C)c4c(C)c(C)c(C)c(C)c34)c3c(C)c(C)c(C)c(C)c3c(C)c2c1C. The maximum Gasteiger partial charge on any atom is 0.0411 e. The molecule has 0 nitrogen and oxygen atoms in total. The minimum atomic E-state index is 1.19. The Kier molecular flexibility index (Phi) is 7.92. The molecule has 48 heavy (non-hydrogen) atoms. The Morgan fingerprint density at radius 3 is 0.479 bits per heavy atom. The molecule has 0 aliphatic rings. The summed E-state index contributed by atoms with van der Waals surface area (Å²) in [4.78, 5) is 0. The third-order valence-corrected chi connectivity index (χ3v) is 13.6. The van der Waals surface area contributed by atoms with Gasteiger partial charge in [0.25, 0.3) is 0 Å². The number of aryl methyl sites for hydroxylation is 10. The topological polar surface area (TPSA) is 0 Å². The quantitative estimate of drug-likeness (QED) is 0.116.